The standard InChI is InChI=1S/C20H29N3O2/c1-14-17-9-8-15-12-16(13-24)23(18(15)22-17)11-7-5-4-6-10-20(2,3)19(25)21-14/h8-9,12,14,24H,4-7,10-11,13H2,1-3H3,(H,21,25)/t14-/m1/s1. The molecule has 0 unspecified atom stereocenters. The molecule has 1 aliphatic heterocycles. The average molecular weight is 343 g/mol. The van der Waals surface area contributed by atoms with E-state index in [2.05, 4.69) is 9.88 Å². The molecule has 0 fully saturated rings. The van der Waals surface area contributed by atoms with Crippen molar-refractivity contribution >= 4 is 16.9 Å². The van der Waals surface area contributed by atoms with Gasteiger partial charge in [0.25, 0.3) is 0 Å². The van der Waals surface area contributed by atoms with Crippen molar-refractivity contribution in [2.75, 3.05) is 0 Å². The number of aryl methyl sites for hydroxylation is 1. The van der Waals surface area contributed by atoms with Gasteiger partial charge in [0.15, 0.2) is 0 Å². The molecular weight excluding hydrogens is 314 g/mol. The van der Waals surface area contributed by atoms with Crippen LogP contribution in [0.5, 0.6) is 0 Å². The lowest BCUT2D eigenvalue weighted by Crippen LogP contribution is -2.38. The highest BCUT2D eigenvalue weighted by atomic mass is 16.3. The summed E-state index contributed by atoms with van der Waals surface area (Å²) in [4.78, 5) is 17.5. The van der Waals surface area contributed by atoms with Gasteiger partial charge in [0.1, 0.15) is 5.65 Å². The summed E-state index contributed by atoms with van der Waals surface area (Å²) < 4.78 is 2.13. The average Bonchev–Trinajstić information content (AvgIpc) is 2.94. The summed E-state index contributed by atoms with van der Waals surface area (Å²) in [5.74, 6) is 0.0883. The van der Waals surface area contributed by atoms with E-state index in [1.165, 1.54) is 0 Å². The lowest BCUT2D eigenvalue weighted by atomic mass is 9.85. The van der Waals surface area contributed by atoms with E-state index < -0.39 is 0 Å². The number of aliphatic hydroxyl groups is 1. The Bertz CT molecular complexity index is 764. The van der Waals surface area contributed by atoms with Gasteiger partial charge >= 0.3 is 0 Å². The molecule has 2 bridgehead atoms. The number of amides is 1. The molecule has 3 rings (SSSR count). The van der Waals surface area contributed by atoms with Crippen LogP contribution in [-0.2, 0) is 17.9 Å². The Morgan fingerprint density at radius 3 is 2.80 bits per heavy atom. The normalized spacial score (nSPS) is 21.9. The summed E-state index contributed by atoms with van der Waals surface area (Å²) in [6.45, 7) is 6.92. The van der Waals surface area contributed by atoms with Crippen LogP contribution in [0.3, 0.4) is 0 Å². The van der Waals surface area contributed by atoms with Crippen LogP contribution in [0, 0.1) is 5.41 Å². The number of carbonyl (C=O) groups is 1. The summed E-state index contributed by atoms with van der Waals surface area (Å²) >= 11 is 0. The molecule has 1 atom stereocenters. The predicted octanol–water partition coefficient (Wildman–Crippen LogP) is 3.70. The third-order valence-corrected chi connectivity index (χ3v) is 5.35. The predicted molar refractivity (Wildman–Crippen MR) is 99.1 cm³/mol. The Morgan fingerprint density at radius 2 is 2.04 bits per heavy atom. The summed E-state index contributed by atoms with van der Waals surface area (Å²) in [5, 5.41) is 13.8. The van der Waals surface area contributed by atoms with E-state index in [0.29, 0.717) is 0 Å². The van der Waals surface area contributed by atoms with E-state index in [1.807, 2.05) is 39.0 Å². The molecule has 2 aromatic rings. The number of aliphatic hydroxyl groups excluding tert-OH is 1. The zero-order valence-corrected chi connectivity index (χ0v) is 15.5. The zero-order chi connectivity index (χ0) is 18.0. The van der Waals surface area contributed by atoms with E-state index in [1.54, 1.807) is 0 Å². The van der Waals surface area contributed by atoms with Gasteiger partial charge in [-0.2, -0.15) is 0 Å². The fraction of sp³-hybridized carbons (Fsp3) is 0.600. The van der Waals surface area contributed by atoms with E-state index in [-0.39, 0.29) is 24.0 Å². The van der Waals surface area contributed by atoms with Gasteiger partial charge in [-0.3, -0.25) is 4.79 Å². The van der Waals surface area contributed by atoms with Crippen LogP contribution >= 0.6 is 0 Å². The number of hydrogen-bond donors (Lipinski definition) is 2. The van der Waals surface area contributed by atoms with E-state index >= 15 is 0 Å². The van der Waals surface area contributed by atoms with Crippen molar-refractivity contribution in [1.82, 2.24) is 14.9 Å². The number of aromatic nitrogens is 2. The Hall–Kier alpha value is -1.88. The summed E-state index contributed by atoms with van der Waals surface area (Å²) in [7, 11) is 0. The van der Waals surface area contributed by atoms with Gasteiger partial charge in [0, 0.05) is 23.0 Å². The molecule has 0 radical (unpaired) electrons. The van der Waals surface area contributed by atoms with Crippen molar-refractivity contribution in [3.8, 4) is 0 Å². The van der Waals surface area contributed by atoms with Gasteiger partial charge in [-0.1, -0.05) is 33.1 Å². The van der Waals surface area contributed by atoms with Crippen LogP contribution in [0.2, 0.25) is 0 Å². The van der Waals surface area contributed by atoms with Crippen molar-refractivity contribution in [2.45, 2.75) is 72.1 Å². The molecule has 5 nitrogen and oxygen atoms in total. The molecule has 1 aliphatic rings. The first kappa shape index (κ1) is 17.9. The van der Waals surface area contributed by atoms with Crippen molar-refractivity contribution < 1.29 is 9.90 Å². The molecular formula is C20H29N3O2. The second-order valence-corrected chi connectivity index (χ2v) is 7.84. The Balaban J connectivity index is 2.00. The fourth-order valence-corrected chi connectivity index (χ4v) is 3.59. The van der Waals surface area contributed by atoms with Gasteiger partial charge < -0.3 is 15.0 Å². The molecule has 0 saturated heterocycles. The molecule has 0 aliphatic carbocycles. The van der Waals surface area contributed by atoms with Crippen LogP contribution in [-0.4, -0.2) is 20.6 Å². The lowest BCUT2D eigenvalue weighted by molar-refractivity contribution is -0.130. The van der Waals surface area contributed by atoms with Crippen molar-refractivity contribution in [1.29, 1.82) is 0 Å². The van der Waals surface area contributed by atoms with Crippen LogP contribution < -0.4 is 5.32 Å². The first-order valence-electron chi connectivity index (χ1n) is 9.33. The van der Waals surface area contributed by atoms with Crippen molar-refractivity contribution in [2.24, 2.45) is 5.41 Å². The highest BCUT2D eigenvalue weighted by Gasteiger charge is 2.28. The first-order chi connectivity index (χ1) is 11.9. The molecule has 2 N–H and O–H groups in total. The highest BCUT2D eigenvalue weighted by molar-refractivity contribution is 5.82. The number of nitrogens with one attached hydrogen (secondary N) is 1. The smallest absolute Gasteiger partial charge is 0.226 e. The number of nitrogens with zero attached hydrogens (tertiary/aromatic N) is 2. The quantitative estimate of drug-likeness (QED) is 0.830. The summed E-state index contributed by atoms with van der Waals surface area (Å²) in [6, 6.07) is 5.88. The maximum Gasteiger partial charge on any atom is 0.226 e. The van der Waals surface area contributed by atoms with Gasteiger partial charge in [-0.15, -0.1) is 0 Å². The molecule has 136 valence electrons. The molecule has 0 spiro atoms. The van der Waals surface area contributed by atoms with Crippen molar-refractivity contribution in [3.63, 3.8) is 0 Å². The molecule has 5 heteroatoms. The molecule has 2 aromatic heterocycles. The largest absolute Gasteiger partial charge is 0.390 e. The Kier molecular flexibility index (Phi) is 5.13. The van der Waals surface area contributed by atoms with Gasteiger partial charge in [0.2, 0.25) is 5.91 Å². The minimum absolute atomic E-state index is 0.0200. The van der Waals surface area contributed by atoms with Crippen LogP contribution in [0.15, 0.2) is 18.2 Å². The summed E-state index contributed by atoms with van der Waals surface area (Å²) in [5.41, 5.74) is 2.31. The minimum Gasteiger partial charge on any atom is -0.390 e. The number of pyridine rings is 1. The summed E-state index contributed by atoms with van der Waals surface area (Å²) in [6.07, 6.45) is 5.27. The third kappa shape index (κ3) is 3.71. The van der Waals surface area contributed by atoms with Gasteiger partial charge in [0.05, 0.1) is 18.3 Å². The third-order valence-electron chi connectivity index (χ3n) is 5.35. The molecule has 1 amide bonds. The molecule has 0 saturated carbocycles. The van der Waals surface area contributed by atoms with Gasteiger partial charge in [-0.25, -0.2) is 4.98 Å². The van der Waals surface area contributed by atoms with E-state index in [4.69, 9.17) is 4.98 Å². The Labute approximate surface area is 149 Å². The molecule has 3 heterocycles. The van der Waals surface area contributed by atoms with Crippen LogP contribution in [0.4, 0.5) is 0 Å². The molecule has 25 heavy (non-hydrogen) atoms. The number of hydrogen-bond acceptors (Lipinski definition) is 3. The van der Waals surface area contributed by atoms with Crippen LogP contribution in [0.1, 0.15) is 70.3 Å². The Morgan fingerprint density at radius 1 is 1.28 bits per heavy atom. The van der Waals surface area contributed by atoms with E-state index in [0.717, 1.165) is 61.1 Å². The van der Waals surface area contributed by atoms with Crippen LogP contribution in [0.25, 0.3) is 11.0 Å². The van der Waals surface area contributed by atoms with E-state index in [9.17, 15) is 9.90 Å². The lowest BCUT2D eigenvalue weighted by Gasteiger charge is -2.26. The number of fused-ring (bicyclic) bond motifs is 1. The second-order valence-electron chi connectivity index (χ2n) is 7.84. The van der Waals surface area contributed by atoms with Crippen molar-refractivity contribution in [3.05, 3.63) is 29.6 Å². The zero-order valence-electron chi connectivity index (χ0n) is 15.5. The topological polar surface area (TPSA) is 67.2 Å². The second kappa shape index (κ2) is 7.16. The maximum absolute atomic E-state index is 12.7. The fourth-order valence-electron chi connectivity index (χ4n) is 3.59. The minimum atomic E-state index is -0.354. The first-order valence-corrected chi connectivity index (χ1v) is 9.33. The molecule has 0 aromatic carbocycles. The number of rotatable bonds is 1. The monoisotopic (exact) mass is 343 g/mol. The highest BCUT2D eigenvalue weighted by Crippen LogP contribution is 2.27. The van der Waals surface area contributed by atoms with Gasteiger partial charge in [-0.05, 0) is 38.0 Å². The SMILES string of the molecule is C[C@H]1NC(=O)C(C)(C)CCCCCCn2c(CO)cc3ccc1nc32. The number of carbonyl (C=O) groups excluding carboxylic acids is 1. The maximum atomic E-state index is 12.7.